The van der Waals surface area contributed by atoms with Crippen molar-refractivity contribution in [2.24, 2.45) is 7.05 Å². The number of benzene rings is 2. The summed E-state index contributed by atoms with van der Waals surface area (Å²) in [7, 11) is 1.78. The van der Waals surface area contributed by atoms with E-state index in [1.54, 1.807) is 72.5 Å². The van der Waals surface area contributed by atoms with Crippen LogP contribution in [-0.2, 0) is 7.05 Å². The van der Waals surface area contributed by atoms with Gasteiger partial charge in [0.2, 0.25) is 0 Å². The third-order valence-corrected chi connectivity index (χ3v) is 4.78. The van der Waals surface area contributed by atoms with Gasteiger partial charge >= 0.3 is 0 Å². The van der Waals surface area contributed by atoms with E-state index in [1.165, 1.54) is 6.07 Å². The van der Waals surface area contributed by atoms with Gasteiger partial charge in [0, 0.05) is 24.4 Å². The predicted octanol–water partition coefficient (Wildman–Crippen LogP) is 5.19. The molecule has 0 aliphatic rings. The van der Waals surface area contributed by atoms with Gasteiger partial charge in [-0.3, -0.25) is 9.48 Å². The minimum atomic E-state index is -0.335. The molecule has 0 radical (unpaired) electrons. The van der Waals surface area contributed by atoms with Gasteiger partial charge in [-0.15, -0.1) is 0 Å². The number of aryl methyl sites for hydroxylation is 1. The lowest BCUT2D eigenvalue weighted by molar-refractivity contribution is 0.102. The lowest BCUT2D eigenvalue weighted by Gasteiger charge is -2.07. The molecule has 0 unspecified atom stereocenters. The van der Waals surface area contributed by atoms with Crippen molar-refractivity contribution in [1.29, 1.82) is 0 Å². The molecule has 0 aliphatic carbocycles. The number of hydrogen-bond acceptors (Lipinski definition) is 3. The van der Waals surface area contributed by atoms with E-state index in [-0.39, 0.29) is 11.7 Å². The third-order valence-electron chi connectivity index (χ3n) is 4.45. The summed E-state index contributed by atoms with van der Waals surface area (Å²) in [6, 6.07) is 18.6. The van der Waals surface area contributed by atoms with Crippen molar-refractivity contribution in [2.45, 2.75) is 0 Å². The van der Waals surface area contributed by atoms with Crippen LogP contribution in [0.25, 0.3) is 22.5 Å². The highest BCUT2D eigenvalue weighted by molar-refractivity contribution is 6.34. The fourth-order valence-corrected chi connectivity index (χ4v) is 3.21. The van der Waals surface area contributed by atoms with Gasteiger partial charge in [-0.25, -0.2) is 9.37 Å². The Labute approximate surface area is 171 Å². The Kier molecular flexibility index (Phi) is 5.10. The van der Waals surface area contributed by atoms with E-state index in [4.69, 9.17) is 11.6 Å². The fraction of sp³-hybridized carbons (Fsp3) is 0.0455. The van der Waals surface area contributed by atoms with Crippen molar-refractivity contribution >= 4 is 23.3 Å². The highest BCUT2D eigenvalue weighted by atomic mass is 35.5. The van der Waals surface area contributed by atoms with Crippen molar-refractivity contribution in [3.8, 4) is 22.5 Å². The maximum absolute atomic E-state index is 14.1. The lowest BCUT2D eigenvalue weighted by Crippen LogP contribution is -2.13. The Balaban J connectivity index is 1.56. The second-order valence-electron chi connectivity index (χ2n) is 6.38. The third kappa shape index (κ3) is 3.88. The van der Waals surface area contributed by atoms with E-state index in [1.807, 2.05) is 6.07 Å². The van der Waals surface area contributed by atoms with Crippen LogP contribution in [0.4, 0.5) is 10.2 Å². The normalized spacial score (nSPS) is 10.7. The van der Waals surface area contributed by atoms with E-state index in [0.717, 1.165) is 11.3 Å². The summed E-state index contributed by atoms with van der Waals surface area (Å²) >= 11 is 6.05. The molecule has 0 saturated heterocycles. The number of anilines is 1. The second-order valence-corrected chi connectivity index (χ2v) is 6.79. The number of pyridine rings is 1. The zero-order valence-corrected chi connectivity index (χ0v) is 16.2. The molecule has 7 heteroatoms. The average Bonchev–Trinajstić information content (AvgIpc) is 3.10. The van der Waals surface area contributed by atoms with E-state index in [2.05, 4.69) is 15.4 Å². The lowest BCUT2D eigenvalue weighted by atomic mass is 10.1. The second kappa shape index (κ2) is 7.85. The molecule has 2 heterocycles. The van der Waals surface area contributed by atoms with Crippen LogP contribution in [0.1, 0.15) is 10.4 Å². The summed E-state index contributed by atoms with van der Waals surface area (Å²) in [6.45, 7) is 0. The van der Waals surface area contributed by atoms with Crippen molar-refractivity contribution in [3.05, 3.63) is 89.3 Å². The molecule has 4 rings (SSSR count). The molecule has 0 fully saturated rings. The van der Waals surface area contributed by atoms with E-state index < -0.39 is 0 Å². The Morgan fingerprint density at radius 3 is 2.55 bits per heavy atom. The highest BCUT2D eigenvalue weighted by Crippen LogP contribution is 2.27. The molecule has 0 saturated carbocycles. The average molecular weight is 407 g/mol. The van der Waals surface area contributed by atoms with Crippen LogP contribution in [0.15, 0.2) is 72.9 Å². The Morgan fingerprint density at radius 1 is 1.07 bits per heavy atom. The van der Waals surface area contributed by atoms with Crippen molar-refractivity contribution < 1.29 is 9.18 Å². The molecule has 0 spiro atoms. The molecular formula is C22H16ClFN4O. The molecule has 2 aromatic heterocycles. The van der Waals surface area contributed by atoms with E-state index in [0.29, 0.717) is 27.7 Å². The number of halogens is 2. The zero-order chi connectivity index (χ0) is 20.4. The van der Waals surface area contributed by atoms with Crippen LogP contribution in [0.3, 0.4) is 0 Å². The summed E-state index contributed by atoms with van der Waals surface area (Å²) < 4.78 is 15.7. The van der Waals surface area contributed by atoms with Gasteiger partial charge in [0.25, 0.3) is 5.91 Å². The number of nitrogens with one attached hydrogen (secondary N) is 1. The molecule has 0 atom stereocenters. The number of rotatable bonds is 4. The van der Waals surface area contributed by atoms with E-state index in [9.17, 15) is 9.18 Å². The summed E-state index contributed by atoms with van der Waals surface area (Å²) in [5, 5.41) is 7.50. The smallest absolute Gasteiger partial charge is 0.258 e. The van der Waals surface area contributed by atoms with Gasteiger partial charge in [-0.1, -0.05) is 35.9 Å². The maximum atomic E-state index is 14.1. The topological polar surface area (TPSA) is 59.8 Å². The van der Waals surface area contributed by atoms with Crippen LogP contribution in [0.5, 0.6) is 0 Å². The SMILES string of the molecule is Cn1nc(-c2ccccc2F)cc1-c1ccc(NC(=O)c2ccccc2Cl)nc1. The molecule has 2 aromatic carbocycles. The molecule has 1 amide bonds. The Bertz CT molecular complexity index is 1190. The van der Waals surface area contributed by atoms with Crippen LogP contribution in [0.2, 0.25) is 5.02 Å². The summed E-state index contributed by atoms with van der Waals surface area (Å²) in [4.78, 5) is 16.7. The number of aromatic nitrogens is 3. The maximum Gasteiger partial charge on any atom is 0.258 e. The first-order valence-corrected chi connectivity index (χ1v) is 9.22. The quantitative estimate of drug-likeness (QED) is 0.507. The number of hydrogen-bond donors (Lipinski definition) is 1. The Hall–Kier alpha value is -3.51. The molecular weight excluding hydrogens is 391 g/mol. The van der Waals surface area contributed by atoms with Gasteiger partial charge < -0.3 is 5.32 Å². The summed E-state index contributed by atoms with van der Waals surface area (Å²) in [6.07, 6.45) is 1.63. The minimum Gasteiger partial charge on any atom is -0.307 e. The number of carbonyl (C=O) groups excluding carboxylic acids is 1. The highest BCUT2D eigenvalue weighted by Gasteiger charge is 2.14. The van der Waals surface area contributed by atoms with Gasteiger partial charge in [0.05, 0.1) is 22.0 Å². The minimum absolute atomic E-state index is 0.326. The molecule has 4 aromatic rings. The molecule has 1 N–H and O–H groups in total. The predicted molar refractivity (Wildman–Crippen MR) is 111 cm³/mol. The number of carbonyl (C=O) groups is 1. The van der Waals surface area contributed by atoms with E-state index >= 15 is 0 Å². The molecule has 144 valence electrons. The van der Waals surface area contributed by atoms with Crippen LogP contribution >= 0.6 is 11.6 Å². The number of amides is 1. The van der Waals surface area contributed by atoms with Crippen LogP contribution in [0, 0.1) is 5.82 Å². The van der Waals surface area contributed by atoms with Gasteiger partial charge in [-0.05, 0) is 42.5 Å². The summed E-state index contributed by atoms with van der Waals surface area (Å²) in [5.41, 5.74) is 2.92. The van der Waals surface area contributed by atoms with Gasteiger partial charge in [0.15, 0.2) is 0 Å². The molecule has 29 heavy (non-hydrogen) atoms. The van der Waals surface area contributed by atoms with Gasteiger partial charge in [0.1, 0.15) is 11.6 Å². The first-order valence-electron chi connectivity index (χ1n) is 8.84. The zero-order valence-electron chi connectivity index (χ0n) is 15.4. The molecule has 0 bridgehead atoms. The monoisotopic (exact) mass is 406 g/mol. The van der Waals surface area contributed by atoms with Crippen molar-refractivity contribution in [2.75, 3.05) is 5.32 Å². The first kappa shape index (κ1) is 18.8. The van der Waals surface area contributed by atoms with Crippen LogP contribution < -0.4 is 5.32 Å². The van der Waals surface area contributed by atoms with Gasteiger partial charge in [-0.2, -0.15) is 5.10 Å². The fourth-order valence-electron chi connectivity index (χ4n) is 2.99. The van der Waals surface area contributed by atoms with Crippen LogP contribution in [-0.4, -0.2) is 20.7 Å². The Morgan fingerprint density at radius 2 is 1.83 bits per heavy atom. The van der Waals surface area contributed by atoms with Crippen molar-refractivity contribution in [3.63, 3.8) is 0 Å². The first-order chi connectivity index (χ1) is 14.0. The van der Waals surface area contributed by atoms with Crippen molar-refractivity contribution in [1.82, 2.24) is 14.8 Å². The standard InChI is InChI=1S/C22H16ClFN4O/c1-28-20(12-19(27-28)16-7-3-5-9-18(16)24)14-10-11-21(25-13-14)26-22(29)15-6-2-4-8-17(15)23/h2-13H,1H3,(H,25,26,29). The largest absolute Gasteiger partial charge is 0.307 e. The summed E-state index contributed by atoms with van der Waals surface area (Å²) in [5.74, 6) is -0.263. The molecule has 0 aliphatic heterocycles. The molecule has 5 nitrogen and oxygen atoms in total. The number of nitrogens with zero attached hydrogens (tertiary/aromatic N) is 3.